The Hall–Kier alpha value is -9.00. The second-order valence-electron chi connectivity index (χ2n) is 16.7. The summed E-state index contributed by atoms with van der Waals surface area (Å²) in [5, 5.41) is 12.8. The molecule has 11 nitrogen and oxygen atoms in total. The number of esters is 4. The Bertz CT molecular complexity index is 3500. The van der Waals surface area contributed by atoms with E-state index in [0.717, 1.165) is 41.5 Å². The largest absolute Gasteiger partial charge is 0.423 e. The van der Waals surface area contributed by atoms with E-state index in [1.54, 1.807) is 54.6 Å². The fourth-order valence-electron chi connectivity index (χ4n) is 7.47. The lowest BCUT2D eigenvalue weighted by Gasteiger charge is -2.13. The summed E-state index contributed by atoms with van der Waals surface area (Å²) in [6, 6.07) is 31.0. The van der Waals surface area contributed by atoms with Crippen molar-refractivity contribution in [1.29, 1.82) is 0 Å². The molecular formula is C56H39F8NO10. The van der Waals surface area contributed by atoms with Crippen LogP contribution in [0.2, 0.25) is 0 Å². The molecule has 0 N–H and O–H groups in total. The first-order chi connectivity index (χ1) is 35.7. The lowest BCUT2D eigenvalue weighted by atomic mass is 9.98. The van der Waals surface area contributed by atoms with Crippen molar-refractivity contribution in [2.24, 2.45) is 0 Å². The molecule has 0 radical (unpaired) electrons. The monoisotopic (exact) mass is 1040 g/mol. The van der Waals surface area contributed by atoms with Gasteiger partial charge in [0.2, 0.25) is 34.8 Å². The molecule has 0 fully saturated rings. The fraction of sp³-hybridized carbons (Fsp3) is 0.143. The summed E-state index contributed by atoms with van der Waals surface area (Å²) in [6.07, 6.45) is 1.68. The lowest BCUT2D eigenvalue weighted by Crippen LogP contribution is -2.19. The molecule has 0 aromatic heterocycles. The van der Waals surface area contributed by atoms with Gasteiger partial charge in [0.15, 0.2) is 23.3 Å². The van der Waals surface area contributed by atoms with Gasteiger partial charge in [-0.05, 0) is 95.1 Å². The zero-order chi connectivity index (χ0) is 54.4. The molecule has 0 saturated carbocycles. The van der Waals surface area contributed by atoms with E-state index in [4.69, 9.17) is 9.47 Å². The third-order valence-corrected chi connectivity index (χ3v) is 12.1. The molecule has 19 heteroatoms. The molecule has 2 unspecified atom stereocenters. The highest BCUT2D eigenvalue weighted by atomic mass is 19.2. The molecular weight excluding hydrogens is 999 g/mol. The standard InChI is InChI=1S/C28H19F4NO6.C28H20F4O4/c1-3-14(2)15-8-10-16(11-9-15)27(34)39-26-24(31)22(29)21(23(30)25(26)32)28(35)38-20-13-12-19(33(36)37)17-6-4-5-7-18(17)20;1-3-15(2)16-8-10-18(11-9-16)27(33)36-26-24(31)22(29)21(23(30)25(26)32)28(34)35-20-13-12-17-6-4-5-7-19(17)14-20/h4-14H,3H2,1-2H3;4-15H,3H2,1-2H3. The zero-order valence-electron chi connectivity index (χ0n) is 39.7. The Labute approximate surface area is 421 Å². The molecule has 0 aliphatic rings. The summed E-state index contributed by atoms with van der Waals surface area (Å²) in [7, 11) is 0. The van der Waals surface area contributed by atoms with Gasteiger partial charge in [-0.2, -0.15) is 17.6 Å². The number of nitro groups is 1. The van der Waals surface area contributed by atoms with Crippen molar-refractivity contribution < 1.29 is 78.2 Å². The van der Waals surface area contributed by atoms with Gasteiger partial charge in [-0.1, -0.05) is 100 Å². The number of hydrogen-bond acceptors (Lipinski definition) is 10. The number of rotatable bonds is 13. The topological polar surface area (TPSA) is 148 Å². The fourth-order valence-corrected chi connectivity index (χ4v) is 7.47. The van der Waals surface area contributed by atoms with Crippen LogP contribution in [0.25, 0.3) is 21.5 Å². The van der Waals surface area contributed by atoms with Crippen LogP contribution >= 0.6 is 0 Å². The minimum absolute atomic E-state index is 0.0340. The third-order valence-electron chi connectivity index (χ3n) is 12.1. The van der Waals surface area contributed by atoms with Crippen LogP contribution in [0.3, 0.4) is 0 Å². The van der Waals surface area contributed by atoms with Crippen LogP contribution in [-0.2, 0) is 0 Å². The minimum atomic E-state index is -2.15. The maximum absolute atomic E-state index is 14.8. The molecule has 0 spiro atoms. The number of hydrogen-bond donors (Lipinski definition) is 0. The van der Waals surface area contributed by atoms with Crippen LogP contribution in [0.15, 0.2) is 127 Å². The first kappa shape index (κ1) is 53.8. The Balaban J connectivity index is 0.000000219. The van der Waals surface area contributed by atoms with Gasteiger partial charge in [0, 0.05) is 11.5 Å². The number of halogens is 8. The molecule has 8 aromatic carbocycles. The van der Waals surface area contributed by atoms with Crippen LogP contribution in [0.5, 0.6) is 23.0 Å². The highest BCUT2D eigenvalue weighted by Crippen LogP contribution is 2.37. The van der Waals surface area contributed by atoms with Gasteiger partial charge in [0.1, 0.15) is 22.6 Å². The molecule has 0 amide bonds. The van der Waals surface area contributed by atoms with E-state index in [2.05, 4.69) is 9.47 Å². The maximum Gasteiger partial charge on any atom is 0.349 e. The van der Waals surface area contributed by atoms with E-state index in [1.807, 2.05) is 27.7 Å². The van der Waals surface area contributed by atoms with Gasteiger partial charge in [0.25, 0.3) is 5.69 Å². The Morgan fingerprint density at radius 1 is 0.467 bits per heavy atom. The number of nitro benzene ring substituents is 1. The number of carbonyl (C=O) groups excluding carboxylic acids is 4. The van der Waals surface area contributed by atoms with Gasteiger partial charge in [-0.3, -0.25) is 10.1 Å². The van der Waals surface area contributed by atoms with E-state index in [9.17, 15) is 64.4 Å². The van der Waals surface area contributed by atoms with Crippen molar-refractivity contribution in [2.45, 2.75) is 52.4 Å². The second kappa shape index (κ2) is 22.8. The number of nitrogens with zero attached hydrogens (tertiary/aromatic N) is 1. The molecule has 8 aromatic rings. The minimum Gasteiger partial charge on any atom is -0.423 e. The lowest BCUT2D eigenvalue weighted by molar-refractivity contribution is -0.383. The van der Waals surface area contributed by atoms with Crippen LogP contribution in [0.4, 0.5) is 40.8 Å². The Morgan fingerprint density at radius 3 is 1.32 bits per heavy atom. The summed E-state index contributed by atoms with van der Waals surface area (Å²) < 4.78 is 137. The van der Waals surface area contributed by atoms with Crippen molar-refractivity contribution in [2.75, 3.05) is 0 Å². The SMILES string of the molecule is CCC(C)c1ccc(C(=O)Oc2c(F)c(F)c(C(=O)Oc3ccc([N+](=O)[O-])c4ccccc34)c(F)c2F)cc1.CCC(C)c1ccc(C(=O)Oc2c(F)c(F)c(C(=O)Oc3ccc4ccccc4c3)c(F)c2F)cc1. The van der Waals surface area contributed by atoms with Gasteiger partial charge < -0.3 is 18.9 Å². The van der Waals surface area contributed by atoms with E-state index in [1.165, 1.54) is 60.7 Å². The van der Waals surface area contributed by atoms with Crippen LogP contribution in [0.1, 0.15) is 105 Å². The van der Waals surface area contributed by atoms with Gasteiger partial charge >= 0.3 is 23.9 Å². The first-order valence-corrected chi connectivity index (χ1v) is 22.7. The van der Waals surface area contributed by atoms with Gasteiger partial charge in [-0.25, -0.2) is 36.7 Å². The number of carbonyl (C=O) groups is 4. The third kappa shape index (κ3) is 11.3. The van der Waals surface area contributed by atoms with E-state index >= 15 is 0 Å². The second-order valence-corrected chi connectivity index (χ2v) is 16.7. The van der Waals surface area contributed by atoms with Gasteiger partial charge in [-0.15, -0.1) is 0 Å². The Morgan fingerprint density at radius 2 is 0.880 bits per heavy atom. The average molecular weight is 1040 g/mol. The molecule has 2 atom stereocenters. The first-order valence-electron chi connectivity index (χ1n) is 22.7. The summed E-state index contributed by atoms with van der Waals surface area (Å²) in [5.41, 5.74) is -2.02. The molecule has 8 rings (SSSR count). The normalized spacial score (nSPS) is 11.8. The molecule has 0 heterocycles. The number of benzene rings is 8. The predicted octanol–water partition coefficient (Wildman–Crippen LogP) is 14.6. The summed E-state index contributed by atoms with van der Waals surface area (Å²) in [4.78, 5) is 60.4. The van der Waals surface area contributed by atoms with Crippen LogP contribution < -0.4 is 18.9 Å². The van der Waals surface area contributed by atoms with Crippen molar-refractivity contribution >= 4 is 51.1 Å². The maximum atomic E-state index is 14.8. The summed E-state index contributed by atoms with van der Waals surface area (Å²) >= 11 is 0. The molecule has 75 heavy (non-hydrogen) atoms. The molecule has 0 saturated heterocycles. The predicted molar refractivity (Wildman–Crippen MR) is 257 cm³/mol. The van der Waals surface area contributed by atoms with Crippen molar-refractivity contribution in [1.82, 2.24) is 0 Å². The quantitative estimate of drug-likeness (QED) is 0.0273. The molecule has 0 aliphatic heterocycles. The number of ether oxygens (including phenoxy) is 4. The highest BCUT2D eigenvalue weighted by molar-refractivity contribution is 6.00. The van der Waals surface area contributed by atoms with Gasteiger partial charge in [0.05, 0.1) is 21.4 Å². The van der Waals surface area contributed by atoms with E-state index < -0.39 is 98.0 Å². The van der Waals surface area contributed by atoms with Crippen LogP contribution in [0, 0.1) is 56.7 Å². The van der Waals surface area contributed by atoms with Crippen molar-refractivity contribution in [3.63, 3.8) is 0 Å². The zero-order valence-corrected chi connectivity index (χ0v) is 39.7. The molecule has 0 aliphatic carbocycles. The molecule has 384 valence electrons. The smallest absolute Gasteiger partial charge is 0.349 e. The number of non-ortho nitro benzene ring substituents is 1. The van der Waals surface area contributed by atoms with Crippen LogP contribution in [-0.4, -0.2) is 28.8 Å². The highest BCUT2D eigenvalue weighted by Gasteiger charge is 2.35. The van der Waals surface area contributed by atoms with E-state index in [0.29, 0.717) is 5.39 Å². The van der Waals surface area contributed by atoms with Crippen molar-refractivity contribution in [3.8, 4) is 23.0 Å². The van der Waals surface area contributed by atoms with E-state index in [-0.39, 0.29) is 50.9 Å². The molecule has 0 bridgehead atoms. The summed E-state index contributed by atoms with van der Waals surface area (Å²) in [5.74, 6) is -26.0. The number of fused-ring (bicyclic) bond motifs is 2. The Kier molecular flexibility index (Phi) is 16.4. The van der Waals surface area contributed by atoms with Crippen molar-refractivity contribution in [3.05, 3.63) is 217 Å². The summed E-state index contributed by atoms with van der Waals surface area (Å²) in [6.45, 7) is 7.90. The average Bonchev–Trinajstić information content (AvgIpc) is 3.42.